The molecule has 3 aromatic carbocycles. The van der Waals surface area contributed by atoms with Crippen LogP contribution in [0.4, 0.5) is 4.39 Å². The summed E-state index contributed by atoms with van der Waals surface area (Å²) in [7, 11) is -7.66. The van der Waals surface area contributed by atoms with E-state index in [9.17, 15) is 26.0 Å². The Labute approximate surface area is 161 Å². The summed E-state index contributed by atoms with van der Waals surface area (Å²) < 4.78 is 63.2. The fraction of sp³-hybridized carbons (Fsp3) is 0.105. The van der Waals surface area contributed by atoms with Crippen LogP contribution in [0.2, 0.25) is 0 Å². The van der Waals surface area contributed by atoms with Crippen LogP contribution >= 0.6 is 0 Å². The number of benzene rings is 3. The molecule has 0 amide bonds. The standard InChI is InChI=1S/C19H15FO6S2/c1-27(23,24)15-4-6-16(7-5-15)28(25,26)18-9-12(10-19(21)22)8-13-2-3-14(20)11-17(13)18/h2-9,11H,10H2,1H3,(H,21,22). The van der Waals surface area contributed by atoms with E-state index in [2.05, 4.69) is 0 Å². The van der Waals surface area contributed by atoms with Crippen molar-refractivity contribution >= 4 is 36.4 Å². The van der Waals surface area contributed by atoms with Gasteiger partial charge in [0.25, 0.3) is 0 Å². The number of carboxylic acids is 1. The summed E-state index contributed by atoms with van der Waals surface area (Å²) in [6.07, 6.45) is 0.602. The van der Waals surface area contributed by atoms with Crippen LogP contribution < -0.4 is 0 Å². The minimum absolute atomic E-state index is 0.0398. The molecule has 0 atom stereocenters. The molecule has 0 unspecified atom stereocenters. The van der Waals surface area contributed by atoms with Crippen molar-refractivity contribution in [3.8, 4) is 0 Å². The monoisotopic (exact) mass is 422 g/mol. The van der Waals surface area contributed by atoms with Gasteiger partial charge in [0.15, 0.2) is 9.84 Å². The summed E-state index contributed by atoms with van der Waals surface area (Å²) >= 11 is 0. The zero-order valence-corrected chi connectivity index (χ0v) is 16.2. The normalized spacial score (nSPS) is 12.2. The molecule has 0 spiro atoms. The number of hydrogen-bond donors (Lipinski definition) is 1. The Morgan fingerprint density at radius 1 is 0.929 bits per heavy atom. The molecule has 146 valence electrons. The quantitative estimate of drug-likeness (QED) is 0.678. The zero-order chi connectivity index (χ0) is 20.7. The van der Waals surface area contributed by atoms with Crippen molar-refractivity contribution in [2.24, 2.45) is 0 Å². The number of halogens is 1. The molecule has 28 heavy (non-hydrogen) atoms. The van der Waals surface area contributed by atoms with Crippen LogP contribution in [0.5, 0.6) is 0 Å². The van der Waals surface area contributed by atoms with Crippen LogP contribution in [0.1, 0.15) is 5.56 Å². The van der Waals surface area contributed by atoms with Crippen molar-refractivity contribution in [1.82, 2.24) is 0 Å². The lowest BCUT2D eigenvalue weighted by molar-refractivity contribution is -0.136. The summed E-state index contributed by atoms with van der Waals surface area (Å²) in [4.78, 5) is 10.6. The minimum atomic E-state index is -4.16. The number of hydrogen-bond acceptors (Lipinski definition) is 5. The second kappa shape index (κ2) is 6.99. The SMILES string of the molecule is CS(=O)(=O)c1ccc(S(=O)(=O)c2cc(CC(=O)O)cc3ccc(F)cc23)cc1. The molecule has 0 fully saturated rings. The number of rotatable bonds is 5. The summed E-state index contributed by atoms with van der Waals surface area (Å²) in [5.41, 5.74) is 0.248. The van der Waals surface area contributed by atoms with Gasteiger partial charge in [-0.15, -0.1) is 0 Å². The second-order valence-electron chi connectivity index (χ2n) is 6.28. The van der Waals surface area contributed by atoms with E-state index < -0.39 is 37.9 Å². The van der Waals surface area contributed by atoms with Gasteiger partial charge in [0.05, 0.1) is 21.1 Å². The third kappa shape index (κ3) is 3.90. The number of fused-ring (bicyclic) bond motifs is 1. The predicted molar refractivity (Wildman–Crippen MR) is 100 cm³/mol. The van der Waals surface area contributed by atoms with Gasteiger partial charge >= 0.3 is 5.97 Å². The topological polar surface area (TPSA) is 106 Å². The molecule has 0 saturated heterocycles. The summed E-state index contributed by atoms with van der Waals surface area (Å²) in [6, 6.07) is 11.0. The minimum Gasteiger partial charge on any atom is -0.481 e. The summed E-state index contributed by atoms with van der Waals surface area (Å²) in [5, 5.41) is 9.53. The van der Waals surface area contributed by atoms with E-state index in [0.29, 0.717) is 5.39 Å². The van der Waals surface area contributed by atoms with Gasteiger partial charge in [0.1, 0.15) is 5.82 Å². The highest BCUT2D eigenvalue weighted by atomic mass is 32.2. The Bertz CT molecular complexity index is 1290. The first-order valence-corrected chi connectivity index (χ1v) is 11.3. The van der Waals surface area contributed by atoms with Gasteiger partial charge in [-0.05, 0) is 53.4 Å². The maximum atomic E-state index is 13.7. The molecular formula is C19H15FO6S2. The van der Waals surface area contributed by atoms with Gasteiger partial charge in [-0.25, -0.2) is 21.2 Å². The van der Waals surface area contributed by atoms with E-state index >= 15 is 0 Å². The Morgan fingerprint density at radius 3 is 2.11 bits per heavy atom. The lowest BCUT2D eigenvalue weighted by atomic mass is 10.0. The summed E-state index contributed by atoms with van der Waals surface area (Å²) in [6.45, 7) is 0. The van der Waals surface area contributed by atoms with E-state index in [1.54, 1.807) is 0 Å². The highest BCUT2D eigenvalue weighted by Crippen LogP contribution is 2.31. The highest BCUT2D eigenvalue weighted by Gasteiger charge is 2.23. The average molecular weight is 422 g/mol. The average Bonchev–Trinajstić information content (AvgIpc) is 2.60. The fourth-order valence-electron chi connectivity index (χ4n) is 2.85. The van der Waals surface area contributed by atoms with Crippen molar-refractivity contribution in [3.05, 3.63) is 66.0 Å². The highest BCUT2D eigenvalue weighted by molar-refractivity contribution is 7.92. The third-order valence-electron chi connectivity index (χ3n) is 4.15. The first kappa shape index (κ1) is 20.0. The van der Waals surface area contributed by atoms with Gasteiger partial charge in [0.2, 0.25) is 9.84 Å². The number of carbonyl (C=O) groups is 1. The van der Waals surface area contributed by atoms with Gasteiger partial charge < -0.3 is 5.11 Å². The molecule has 9 heteroatoms. The molecule has 0 bridgehead atoms. The molecular weight excluding hydrogens is 407 g/mol. The van der Waals surface area contributed by atoms with Crippen molar-refractivity contribution in [2.45, 2.75) is 21.1 Å². The molecule has 0 aliphatic heterocycles. The number of aliphatic carboxylic acids is 1. The Morgan fingerprint density at radius 2 is 1.54 bits per heavy atom. The molecule has 0 aliphatic rings. The van der Waals surface area contributed by atoms with E-state index in [1.807, 2.05) is 0 Å². The van der Waals surface area contributed by atoms with E-state index in [0.717, 1.165) is 30.5 Å². The van der Waals surface area contributed by atoms with Crippen molar-refractivity contribution < 1.29 is 31.1 Å². The zero-order valence-electron chi connectivity index (χ0n) is 14.6. The first-order chi connectivity index (χ1) is 13.0. The molecule has 3 aromatic rings. The van der Waals surface area contributed by atoms with Gasteiger partial charge in [0, 0.05) is 11.6 Å². The Kier molecular flexibility index (Phi) is 4.99. The van der Waals surface area contributed by atoms with Crippen LogP contribution in [0, 0.1) is 5.82 Å². The fourth-order valence-corrected chi connectivity index (χ4v) is 5.00. The van der Waals surface area contributed by atoms with Crippen LogP contribution in [-0.2, 0) is 30.9 Å². The molecule has 6 nitrogen and oxygen atoms in total. The number of sulfone groups is 2. The van der Waals surface area contributed by atoms with E-state index in [-0.39, 0.29) is 25.6 Å². The molecule has 0 radical (unpaired) electrons. The maximum Gasteiger partial charge on any atom is 0.307 e. The van der Waals surface area contributed by atoms with Crippen molar-refractivity contribution in [2.75, 3.05) is 6.26 Å². The molecule has 3 rings (SSSR count). The lowest BCUT2D eigenvalue weighted by Crippen LogP contribution is -2.07. The molecule has 0 heterocycles. The molecule has 1 N–H and O–H groups in total. The van der Waals surface area contributed by atoms with Crippen molar-refractivity contribution in [1.29, 1.82) is 0 Å². The largest absolute Gasteiger partial charge is 0.481 e. The molecule has 0 aliphatic carbocycles. The van der Waals surface area contributed by atoms with Gasteiger partial charge in [-0.3, -0.25) is 4.79 Å². The second-order valence-corrected chi connectivity index (χ2v) is 10.2. The lowest BCUT2D eigenvalue weighted by Gasteiger charge is -2.11. The molecule has 0 saturated carbocycles. The summed E-state index contributed by atoms with van der Waals surface area (Å²) in [5.74, 6) is -1.77. The van der Waals surface area contributed by atoms with Gasteiger partial charge in [-0.1, -0.05) is 12.1 Å². The van der Waals surface area contributed by atoms with E-state index in [1.165, 1.54) is 30.3 Å². The first-order valence-electron chi connectivity index (χ1n) is 7.98. The van der Waals surface area contributed by atoms with Crippen molar-refractivity contribution in [3.63, 3.8) is 0 Å². The maximum absolute atomic E-state index is 13.7. The smallest absolute Gasteiger partial charge is 0.307 e. The predicted octanol–water partition coefficient (Wildman–Crippen LogP) is 2.84. The Balaban J connectivity index is 2.25. The molecule has 0 aromatic heterocycles. The third-order valence-corrected chi connectivity index (χ3v) is 7.08. The van der Waals surface area contributed by atoms with Crippen LogP contribution in [-0.4, -0.2) is 34.2 Å². The van der Waals surface area contributed by atoms with E-state index in [4.69, 9.17) is 5.11 Å². The van der Waals surface area contributed by atoms with Crippen LogP contribution in [0.3, 0.4) is 0 Å². The number of carboxylic acid groups (broad SMARTS) is 1. The van der Waals surface area contributed by atoms with Crippen LogP contribution in [0.15, 0.2) is 69.3 Å². The van der Waals surface area contributed by atoms with Gasteiger partial charge in [-0.2, -0.15) is 0 Å². The Hall–Kier alpha value is -2.78. The van der Waals surface area contributed by atoms with Crippen LogP contribution in [0.25, 0.3) is 10.8 Å².